The van der Waals surface area contributed by atoms with E-state index in [9.17, 15) is 4.79 Å². The lowest BCUT2D eigenvalue weighted by Gasteiger charge is -2.09. The van der Waals surface area contributed by atoms with Gasteiger partial charge in [0.15, 0.2) is 6.29 Å². The minimum Gasteiger partial charge on any atom is -0.353 e. The van der Waals surface area contributed by atoms with Gasteiger partial charge in [-0.2, -0.15) is 0 Å². The van der Waals surface area contributed by atoms with E-state index in [1.165, 1.54) is 0 Å². The van der Waals surface area contributed by atoms with Crippen LogP contribution in [0.4, 0.5) is 0 Å². The molecular weight excluding hydrogens is 228 g/mol. The van der Waals surface area contributed by atoms with E-state index in [2.05, 4.69) is 13.2 Å². The van der Waals surface area contributed by atoms with Crippen molar-refractivity contribution in [1.29, 1.82) is 0 Å². The molecule has 3 nitrogen and oxygen atoms in total. The van der Waals surface area contributed by atoms with Crippen molar-refractivity contribution in [1.82, 2.24) is 0 Å². The van der Waals surface area contributed by atoms with Gasteiger partial charge in [0.05, 0.1) is 0 Å². The zero-order valence-electron chi connectivity index (χ0n) is 10.7. The number of rotatable bonds is 7. The molecule has 0 aromatic heterocycles. The summed E-state index contributed by atoms with van der Waals surface area (Å²) in [4.78, 5) is 9.51. The maximum atomic E-state index is 9.51. The van der Waals surface area contributed by atoms with Crippen molar-refractivity contribution < 1.29 is 14.3 Å². The highest BCUT2D eigenvalue weighted by Crippen LogP contribution is 1.90. The van der Waals surface area contributed by atoms with Crippen molar-refractivity contribution in [2.75, 3.05) is 19.1 Å². The molecule has 0 aliphatic heterocycles. The molecule has 0 spiro atoms. The molecular formula is C12H25ClO3. The summed E-state index contributed by atoms with van der Waals surface area (Å²) < 4.78 is 10.1. The number of hydrogen-bond donors (Lipinski definition) is 0. The summed E-state index contributed by atoms with van der Waals surface area (Å²) in [6.45, 7) is 13.3. The van der Waals surface area contributed by atoms with Crippen molar-refractivity contribution in [3.63, 3.8) is 0 Å². The highest BCUT2D eigenvalue weighted by Gasteiger charge is 1.94. The molecule has 4 heteroatoms. The lowest BCUT2D eigenvalue weighted by molar-refractivity contribution is -0.123. The van der Waals surface area contributed by atoms with Crippen LogP contribution in [0.25, 0.3) is 0 Å². The summed E-state index contributed by atoms with van der Waals surface area (Å²) in [7, 11) is 0. The van der Waals surface area contributed by atoms with Gasteiger partial charge >= 0.3 is 0 Å². The Labute approximate surface area is 105 Å². The SMILES string of the molecule is C=C.CCOC(C)OCC.O=CCCCCl. The number of ether oxygens (including phenoxy) is 2. The van der Waals surface area contributed by atoms with Crippen LogP contribution in [0.2, 0.25) is 0 Å². The van der Waals surface area contributed by atoms with E-state index in [0.717, 1.165) is 25.9 Å². The van der Waals surface area contributed by atoms with E-state index in [1.807, 2.05) is 20.8 Å². The fraction of sp³-hybridized carbons (Fsp3) is 0.750. The van der Waals surface area contributed by atoms with Crippen molar-refractivity contribution in [2.24, 2.45) is 0 Å². The molecule has 0 aromatic rings. The fourth-order valence-corrected chi connectivity index (χ4v) is 0.832. The number of halogens is 1. The first-order valence-corrected chi connectivity index (χ1v) is 5.99. The predicted octanol–water partition coefficient (Wildman–Crippen LogP) is 3.41. The predicted molar refractivity (Wildman–Crippen MR) is 70.0 cm³/mol. The average Bonchev–Trinajstić information content (AvgIpc) is 2.30. The Balaban J connectivity index is -0.000000188. The van der Waals surface area contributed by atoms with Gasteiger partial charge in [-0.15, -0.1) is 24.8 Å². The van der Waals surface area contributed by atoms with Gasteiger partial charge in [0.1, 0.15) is 6.29 Å². The van der Waals surface area contributed by atoms with E-state index in [-0.39, 0.29) is 6.29 Å². The third-order valence-electron chi connectivity index (χ3n) is 1.26. The van der Waals surface area contributed by atoms with E-state index in [1.54, 1.807) is 0 Å². The van der Waals surface area contributed by atoms with Crippen molar-refractivity contribution in [3.8, 4) is 0 Å². The zero-order chi connectivity index (χ0) is 13.2. The van der Waals surface area contributed by atoms with E-state index < -0.39 is 0 Å². The van der Waals surface area contributed by atoms with Gasteiger partial charge in [0, 0.05) is 25.5 Å². The number of hydrogen-bond acceptors (Lipinski definition) is 3. The maximum absolute atomic E-state index is 9.51. The third kappa shape index (κ3) is 29.2. The lowest BCUT2D eigenvalue weighted by atomic mass is 10.4. The van der Waals surface area contributed by atoms with Crippen molar-refractivity contribution >= 4 is 17.9 Å². The second-order valence-corrected chi connectivity index (χ2v) is 2.85. The van der Waals surface area contributed by atoms with E-state index in [4.69, 9.17) is 21.1 Å². The first kappa shape index (κ1) is 21.0. The average molecular weight is 253 g/mol. The van der Waals surface area contributed by atoms with Crippen LogP contribution < -0.4 is 0 Å². The molecule has 0 heterocycles. The highest BCUT2D eigenvalue weighted by molar-refractivity contribution is 6.17. The molecule has 0 N–H and O–H groups in total. The Morgan fingerprint density at radius 1 is 1.25 bits per heavy atom. The summed E-state index contributed by atoms with van der Waals surface area (Å²) in [6.07, 6.45) is 2.25. The van der Waals surface area contributed by atoms with Gasteiger partial charge in [-0.3, -0.25) is 0 Å². The molecule has 16 heavy (non-hydrogen) atoms. The molecule has 0 atom stereocenters. The van der Waals surface area contributed by atoms with E-state index >= 15 is 0 Å². The standard InChI is InChI=1S/C6H14O2.C4H7ClO.C2H4/c1-4-7-6(3)8-5-2;5-3-1-2-4-6;1-2/h6H,4-5H2,1-3H3;4H,1-3H2;1-2H2. The van der Waals surface area contributed by atoms with Crippen LogP contribution >= 0.6 is 11.6 Å². The minimum absolute atomic E-state index is 0.0370. The number of carbonyl (C=O) groups excluding carboxylic acids is 1. The molecule has 0 amide bonds. The smallest absolute Gasteiger partial charge is 0.154 e. The molecule has 0 rings (SSSR count). The maximum Gasteiger partial charge on any atom is 0.154 e. The summed E-state index contributed by atoms with van der Waals surface area (Å²) >= 11 is 5.22. The largest absolute Gasteiger partial charge is 0.353 e. The molecule has 0 unspecified atom stereocenters. The first-order chi connectivity index (χ1) is 7.72. The lowest BCUT2D eigenvalue weighted by Crippen LogP contribution is -2.11. The topological polar surface area (TPSA) is 35.5 Å². The first-order valence-electron chi connectivity index (χ1n) is 5.45. The van der Waals surface area contributed by atoms with Crippen LogP contribution in [0.1, 0.15) is 33.6 Å². The normalized spacial score (nSPS) is 8.56. The minimum atomic E-state index is -0.0370. The molecule has 0 aliphatic rings. The van der Waals surface area contributed by atoms with Gasteiger partial charge in [0.25, 0.3) is 0 Å². The van der Waals surface area contributed by atoms with Gasteiger partial charge < -0.3 is 14.3 Å². The molecule has 0 aromatic carbocycles. The number of alkyl halides is 1. The van der Waals surface area contributed by atoms with Crippen LogP contribution in [0.3, 0.4) is 0 Å². The van der Waals surface area contributed by atoms with Crippen LogP contribution in [-0.4, -0.2) is 31.7 Å². The summed E-state index contributed by atoms with van der Waals surface area (Å²) in [5, 5.41) is 0. The molecule has 0 fully saturated rings. The quantitative estimate of drug-likeness (QED) is 0.229. The van der Waals surface area contributed by atoms with Gasteiger partial charge in [0.2, 0.25) is 0 Å². The summed E-state index contributed by atoms with van der Waals surface area (Å²) in [6, 6.07) is 0. The van der Waals surface area contributed by atoms with Crippen LogP contribution in [0.15, 0.2) is 13.2 Å². The van der Waals surface area contributed by atoms with E-state index in [0.29, 0.717) is 12.3 Å². The van der Waals surface area contributed by atoms with Crippen molar-refractivity contribution in [3.05, 3.63) is 13.2 Å². The van der Waals surface area contributed by atoms with Crippen LogP contribution in [0.5, 0.6) is 0 Å². The molecule has 98 valence electrons. The molecule has 0 bridgehead atoms. The van der Waals surface area contributed by atoms with Crippen molar-refractivity contribution in [2.45, 2.75) is 39.9 Å². The Morgan fingerprint density at radius 3 is 1.88 bits per heavy atom. The molecule has 0 saturated carbocycles. The molecule has 0 radical (unpaired) electrons. The van der Waals surface area contributed by atoms with Gasteiger partial charge in [-0.1, -0.05) is 0 Å². The zero-order valence-corrected chi connectivity index (χ0v) is 11.5. The Morgan fingerprint density at radius 2 is 1.69 bits per heavy atom. The van der Waals surface area contributed by atoms with Crippen LogP contribution in [0, 0.1) is 0 Å². The number of aldehydes is 1. The van der Waals surface area contributed by atoms with Gasteiger partial charge in [-0.25, -0.2) is 0 Å². The number of unbranched alkanes of at least 4 members (excludes halogenated alkanes) is 1. The van der Waals surface area contributed by atoms with Gasteiger partial charge in [-0.05, 0) is 27.2 Å². The Bertz CT molecular complexity index is 115. The summed E-state index contributed by atoms with van der Waals surface area (Å²) in [5.74, 6) is 0.596. The fourth-order valence-electron chi connectivity index (χ4n) is 0.678. The molecule has 0 saturated heterocycles. The highest BCUT2D eigenvalue weighted by atomic mass is 35.5. The summed E-state index contributed by atoms with van der Waals surface area (Å²) in [5.41, 5.74) is 0. The second kappa shape index (κ2) is 24.0. The monoisotopic (exact) mass is 252 g/mol. The Hall–Kier alpha value is -0.380. The molecule has 0 aliphatic carbocycles. The van der Waals surface area contributed by atoms with Crippen LogP contribution in [-0.2, 0) is 14.3 Å². The Kier molecular flexibility index (Phi) is 31.5. The number of carbonyl (C=O) groups is 1. The second-order valence-electron chi connectivity index (χ2n) is 2.48. The third-order valence-corrected chi connectivity index (χ3v) is 1.53.